The molecule has 1 unspecified atom stereocenters. The number of alkyl halides is 1. The van der Waals surface area contributed by atoms with Crippen molar-refractivity contribution in [3.63, 3.8) is 0 Å². The van der Waals surface area contributed by atoms with Crippen molar-refractivity contribution in [2.45, 2.75) is 37.9 Å². The van der Waals surface area contributed by atoms with Crippen molar-refractivity contribution < 1.29 is 13.6 Å². The minimum absolute atomic E-state index is 0.0917. The van der Waals surface area contributed by atoms with Crippen molar-refractivity contribution in [1.82, 2.24) is 10.6 Å². The molecule has 2 N–H and O–H groups in total. The Hall–Kier alpha value is -1.85. The predicted octanol–water partition coefficient (Wildman–Crippen LogP) is 2.84. The number of rotatable bonds is 6. The maximum atomic E-state index is 13.2. The summed E-state index contributed by atoms with van der Waals surface area (Å²) < 4.78 is 26.2. The van der Waals surface area contributed by atoms with Gasteiger partial charge in [-0.3, -0.25) is 0 Å². The highest BCUT2D eigenvalue weighted by molar-refractivity contribution is 5.74. The van der Waals surface area contributed by atoms with Crippen LogP contribution in [-0.4, -0.2) is 38.4 Å². The Kier molecular flexibility index (Phi) is 4.41. The van der Waals surface area contributed by atoms with Gasteiger partial charge in [-0.05, 0) is 43.9 Å². The molecule has 1 aromatic rings. The van der Waals surface area contributed by atoms with E-state index in [1.165, 1.54) is 12.1 Å². The maximum absolute atomic E-state index is 13.2. The van der Waals surface area contributed by atoms with Gasteiger partial charge in [0.1, 0.15) is 12.0 Å². The molecule has 0 aliphatic heterocycles. The fraction of sp³-hybridized carbons (Fsp3) is 0.588. The van der Waals surface area contributed by atoms with Crippen LogP contribution in [0.15, 0.2) is 24.3 Å². The van der Waals surface area contributed by atoms with E-state index in [9.17, 15) is 13.6 Å². The highest BCUT2D eigenvalue weighted by Crippen LogP contribution is 2.62. The van der Waals surface area contributed by atoms with Gasteiger partial charge in [0.15, 0.2) is 0 Å². The third-order valence-electron chi connectivity index (χ3n) is 4.94. The molecule has 1 atom stereocenters. The summed E-state index contributed by atoms with van der Waals surface area (Å²) in [7, 11) is 1.89. The van der Waals surface area contributed by atoms with Crippen LogP contribution in [-0.2, 0) is 0 Å². The van der Waals surface area contributed by atoms with Crippen LogP contribution in [0.25, 0.3) is 0 Å². The zero-order valence-electron chi connectivity index (χ0n) is 13.3. The third-order valence-corrected chi connectivity index (χ3v) is 4.94. The first-order chi connectivity index (χ1) is 11.0. The summed E-state index contributed by atoms with van der Waals surface area (Å²) in [5.74, 6) is -0.253. The van der Waals surface area contributed by atoms with Gasteiger partial charge in [-0.1, -0.05) is 6.07 Å². The van der Waals surface area contributed by atoms with E-state index in [-0.39, 0.29) is 23.3 Å². The average molecular weight is 323 g/mol. The summed E-state index contributed by atoms with van der Waals surface area (Å²) in [6.07, 6.45) is 2.32. The van der Waals surface area contributed by atoms with Crippen molar-refractivity contribution in [2.75, 3.05) is 25.0 Å². The normalized spacial score (nSPS) is 28.1. The van der Waals surface area contributed by atoms with E-state index in [2.05, 4.69) is 10.6 Å². The summed E-state index contributed by atoms with van der Waals surface area (Å²) in [5.41, 5.74) is 0.727. The summed E-state index contributed by atoms with van der Waals surface area (Å²) in [6, 6.07) is 6.37. The van der Waals surface area contributed by atoms with E-state index in [0.717, 1.165) is 31.5 Å². The number of nitrogens with zero attached hydrogens (tertiary/aromatic N) is 1. The topological polar surface area (TPSA) is 44.4 Å². The smallest absolute Gasteiger partial charge is 0.315 e. The van der Waals surface area contributed by atoms with Gasteiger partial charge in [0.05, 0.1) is 0 Å². The van der Waals surface area contributed by atoms with Gasteiger partial charge < -0.3 is 15.5 Å². The second-order valence-corrected chi connectivity index (χ2v) is 6.79. The average Bonchev–Trinajstić information content (AvgIpc) is 3.14. The quantitative estimate of drug-likeness (QED) is 0.791. The standard InChI is InChI=1S/C17H23F2N3O/c1-22(14-5-2-4-12(18)8-14)7-3-6-20-16(23)21-13-9-17(10-13)11-15(17)19/h2,4-5,8,13,15H,3,6-7,9-11H2,1H3,(H2,20,21,23). The lowest BCUT2D eigenvalue weighted by atomic mass is 9.77. The molecule has 4 nitrogen and oxygen atoms in total. The monoisotopic (exact) mass is 323 g/mol. The first-order valence-corrected chi connectivity index (χ1v) is 8.14. The molecule has 2 amide bonds. The molecule has 1 aromatic carbocycles. The van der Waals surface area contributed by atoms with Gasteiger partial charge >= 0.3 is 6.03 Å². The highest BCUT2D eigenvalue weighted by atomic mass is 19.1. The Bertz CT molecular complexity index is 575. The molecule has 0 aromatic heterocycles. The van der Waals surface area contributed by atoms with E-state index in [4.69, 9.17) is 0 Å². The Balaban J connectivity index is 1.28. The van der Waals surface area contributed by atoms with Crippen molar-refractivity contribution >= 4 is 11.7 Å². The molecule has 2 saturated carbocycles. The number of nitrogens with one attached hydrogen (secondary N) is 2. The molecule has 0 radical (unpaired) electrons. The fourth-order valence-electron chi connectivity index (χ4n) is 3.34. The first-order valence-electron chi connectivity index (χ1n) is 8.14. The lowest BCUT2D eigenvalue weighted by Gasteiger charge is -2.36. The number of amides is 2. The molecule has 1 spiro atoms. The Morgan fingerprint density at radius 3 is 2.78 bits per heavy atom. The molecule has 6 heteroatoms. The lowest BCUT2D eigenvalue weighted by Crippen LogP contribution is -2.50. The molecule has 126 valence electrons. The summed E-state index contributed by atoms with van der Waals surface area (Å²) >= 11 is 0. The minimum atomic E-state index is -0.651. The van der Waals surface area contributed by atoms with Crippen molar-refractivity contribution in [1.29, 1.82) is 0 Å². The second kappa shape index (κ2) is 6.34. The largest absolute Gasteiger partial charge is 0.374 e. The van der Waals surface area contributed by atoms with Crippen molar-refractivity contribution in [2.24, 2.45) is 5.41 Å². The number of anilines is 1. The molecular formula is C17H23F2N3O. The van der Waals surface area contributed by atoms with Crippen LogP contribution in [0.4, 0.5) is 19.3 Å². The van der Waals surface area contributed by atoms with Crippen LogP contribution in [0, 0.1) is 11.2 Å². The molecule has 0 saturated heterocycles. The molecular weight excluding hydrogens is 300 g/mol. The molecule has 2 aliphatic carbocycles. The van der Waals surface area contributed by atoms with Crippen LogP contribution in [0.1, 0.15) is 25.7 Å². The fourth-order valence-corrected chi connectivity index (χ4v) is 3.34. The van der Waals surface area contributed by atoms with E-state index in [1.54, 1.807) is 6.07 Å². The summed E-state index contributed by atoms with van der Waals surface area (Å²) in [5, 5.41) is 5.69. The van der Waals surface area contributed by atoms with E-state index >= 15 is 0 Å². The van der Waals surface area contributed by atoms with Gasteiger partial charge in [0.25, 0.3) is 0 Å². The van der Waals surface area contributed by atoms with Gasteiger partial charge in [-0.25, -0.2) is 13.6 Å². The second-order valence-electron chi connectivity index (χ2n) is 6.79. The summed E-state index contributed by atoms with van der Waals surface area (Å²) in [6.45, 7) is 1.27. The molecule has 0 bridgehead atoms. The van der Waals surface area contributed by atoms with Crippen LogP contribution >= 0.6 is 0 Å². The number of carbonyl (C=O) groups excluding carboxylic acids is 1. The number of hydrogen-bond acceptors (Lipinski definition) is 2. The number of benzene rings is 1. The highest BCUT2D eigenvalue weighted by Gasteiger charge is 2.62. The van der Waals surface area contributed by atoms with Crippen LogP contribution in [0.5, 0.6) is 0 Å². The molecule has 2 fully saturated rings. The van der Waals surface area contributed by atoms with Crippen LogP contribution in [0.3, 0.4) is 0 Å². The minimum Gasteiger partial charge on any atom is -0.374 e. The number of halogens is 2. The first kappa shape index (κ1) is 16.0. The van der Waals surface area contributed by atoms with Crippen LogP contribution < -0.4 is 15.5 Å². The van der Waals surface area contributed by atoms with Gasteiger partial charge in [-0.2, -0.15) is 0 Å². The Morgan fingerprint density at radius 1 is 1.39 bits per heavy atom. The SMILES string of the molecule is CN(CCCNC(=O)NC1CC2(C1)CC2F)c1cccc(F)c1. The molecule has 23 heavy (non-hydrogen) atoms. The summed E-state index contributed by atoms with van der Waals surface area (Å²) in [4.78, 5) is 13.7. The zero-order valence-corrected chi connectivity index (χ0v) is 13.3. The van der Waals surface area contributed by atoms with Crippen molar-refractivity contribution in [3.05, 3.63) is 30.1 Å². The number of hydrogen-bond donors (Lipinski definition) is 2. The number of urea groups is 1. The van der Waals surface area contributed by atoms with Crippen molar-refractivity contribution in [3.8, 4) is 0 Å². The lowest BCUT2D eigenvalue weighted by molar-refractivity contribution is 0.162. The third kappa shape index (κ3) is 3.74. The molecule has 0 heterocycles. The van der Waals surface area contributed by atoms with E-state index in [1.807, 2.05) is 18.0 Å². The molecule has 3 rings (SSSR count). The zero-order chi connectivity index (χ0) is 16.4. The van der Waals surface area contributed by atoms with Crippen LogP contribution in [0.2, 0.25) is 0 Å². The Morgan fingerprint density at radius 2 is 2.13 bits per heavy atom. The number of carbonyl (C=O) groups is 1. The van der Waals surface area contributed by atoms with Gasteiger partial charge in [0, 0.05) is 37.3 Å². The van der Waals surface area contributed by atoms with Gasteiger partial charge in [-0.15, -0.1) is 0 Å². The molecule has 2 aliphatic rings. The predicted molar refractivity (Wildman–Crippen MR) is 85.8 cm³/mol. The Labute approximate surface area is 135 Å². The van der Waals surface area contributed by atoms with Gasteiger partial charge in [0.2, 0.25) is 0 Å². The van der Waals surface area contributed by atoms with E-state index in [0.29, 0.717) is 13.0 Å². The van der Waals surface area contributed by atoms with E-state index < -0.39 is 6.17 Å². The maximum Gasteiger partial charge on any atom is 0.315 e.